The Morgan fingerprint density at radius 2 is 0.985 bits per heavy atom. The molecule has 0 aliphatic heterocycles. The lowest BCUT2D eigenvalue weighted by Crippen LogP contribution is -2.16. The first-order chi connectivity index (χ1) is 33.0. The highest BCUT2D eigenvalue weighted by atomic mass is 16.3. The highest BCUT2D eigenvalue weighted by molar-refractivity contribution is 6.18. The molecule has 0 amide bonds. The van der Waals surface area contributed by atoms with Crippen LogP contribution >= 0.6 is 0 Å². The van der Waals surface area contributed by atoms with Crippen molar-refractivity contribution in [2.45, 2.75) is 19.3 Å². The van der Waals surface area contributed by atoms with Gasteiger partial charge >= 0.3 is 0 Å². The standard InChI is InChI=1S/C63H42N2O2/c1-63(2)51-25-9-6-20-48(51)59-52(63)26-14-28-55(59)65(42-35-32-39(33-36-42)43-21-12-23-47-46-19-8-11-30-57(46)66-61(43)47)56-29-15-31-58-60(56)49-24-13-22-44(62(49)67-58)40-34-37-54-50(38-40)45-18-7-10-27-53(45)64(54)41-16-4-3-5-17-41/h3-38H,1-2H3. The molecule has 0 radical (unpaired) electrons. The summed E-state index contributed by atoms with van der Waals surface area (Å²) in [6, 6.07) is 78.7. The minimum atomic E-state index is -0.166. The maximum atomic E-state index is 7.06. The summed E-state index contributed by atoms with van der Waals surface area (Å²) in [4.78, 5) is 2.46. The van der Waals surface area contributed by atoms with Crippen LogP contribution in [0.4, 0.5) is 17.1 Å². The van der Waals surface area contributed by atoms with Crippen LogP contribution < -0.4 is 4.90 Å². The second kappa shape index (κ2) is 14.2. The summed E-state index contributed by atoms with van der Waals surface area (Å²) in [5, 5.41) is 6.82. The van der Waals surface area contributed by atoms with Gasteiger partial charge < -0.3 is 18.3 Å². The number of fused-ring (bicyclic) bond motifs is 12. The van der Waals surface area contributed by atoms with Gasteiger partial charge in [0.05, 0.1) is 27.8 Å². The van der Waals surface area contributed by atoms with Crippen LogP contribution in [0.3, 0.4) is 0 Å². The average molecular weight is 859 g/mol. The zero-order valence-electron chi connectivity index (χ0n) is 37.0. The van der Waals surface area contributed by atoms with Crippen LogP contribution in [0.25, 0.3) is 105 Å². The first-order valence-corrected chi connectivity index (χ1v) is 23.1. The molecule has 4 nitrogen and oxygen atoms in total. The Balaban J connectivity index is 0.975. The molecule has 0 saturated carbocycles. The number of hydrogen-bond donors (Lipinski definition) is 0. The molecule has 0 spiro atoms. The predicted octanol–water partition coefficient (Wildman–Crippen LogP) is 17.7. The topological polar surface area (TPSA) is 34.5 Å². The molecule has 0 saturated heterocycles. The normalized spacial score (nSPS) is 13.0. The Labute approximate surface area is 387 Å². The van der Waals surface area contributed by atoms with Crippen LogP contribution in [0.2, 0.25) is 0 Å². The molecule has 0 fully saturated rings. The number of rotatable bonds is 6. The fraction of sp³-hybridized carbons (Fsp3) is 0.0476. The summed E-state index contributed by atoms with van der Waals surface area (Å²) in [6.45, 7) is 4.70. The van der Waals surface area contributed by atoms with Gasteiger partial charge in [-0.25, -0.2) is 0 Å². The first kappa shape index (κ1) is 37.7. The molecule has 316 valence electrons. The molecule has 1 aliphatic rings. The number of nitrogens with zero attached hydrogens (tertiary/aromatic N) is 2. The molecule has 67 heavy (non-hydrogen) atoms. The Kier molecular flexibility index (Phi) is 8.00. The molecule has 0 N–H and O–H groups in total. The molecule has 3 heterocycles. The highest BCUT2D eigenvalue weighted by Crippen LogP contribution is 2.55. The van der Waals surface area contributed by atoms with Crippen LogP contribution in [0.1, 0.15) is 25.0 Å². The van der Waals surface area contributed by atoms with Gasteiger partial charge in [0.25, 0.3) is 0 Å². The summed E-state index contributed by atoms with van der Waals surface area (Å²) >= 11 is 0. The van der Waals surface area contributed by atoms with Crippen LogP contribution in [0.5, 0.6) is 0 Å². The monoisotopic (exact) mass is 858 g/mol. The quantitative estimate of drug-likeness (QED) is 0.167. The number of benzene rings is 10. The van der Waals surface area contributed by atoms with Crippen molar-refractivity contribution in [3.05, 3.63) is 230 Å². The summed E-state index contributed by atoms with van der Waals surface area (Å²) in [6.07, 6.45) is 0. The van der Waals surface area contributed by atoms with E-state index in [1.54, 1.807) is 0 Å². The second-order valence-electron chi connectivity index (χ2n) is 18.4. The lowest BCUT2D eigenvalue weighted by Gasteiger charge is -2.29. The van der Waals surface area contributed by atoms with Crippen molar-refractivity contribution in [3.8, 4) is 39.1 Å². The maximum absolute atomic E-state index is 7.06. The molecule has 14 rings (SSSR count). The largest absolute Gasteiger partial charge is 0.455 e. The maximum Gasteiger partial charge on any atom is 0.143 e. The van der Waals surface area contributed by atoms with E-state index in [1.165, 1.54) is 44.1 Å². The van der Waals surface area contributed by atoms with Gasteiger partial charge in [0.2, 0.25) is 0 Å². The fourth-order valence-corrected chi connectivity index (χ4v) is 11.3. The second-order valence-corrected chi connectivity index (χ2v) is 18.4. The number of aromatic nitrogens is 1. The van der Waals surface area contributed by atoms with Crippen molar-refractivity contribution in [1.82, 2.24) is 4.57 Å². The van der Waals surface area contributed by atoms with Gasteiger partial charge in [-0.05, 0) is 94.5 Å². The SMILES string of the molecule is CC1(C)c2ccccc2-c2c(N(c3ccc(-c4cccc5c4oc4ccccc45)cc3)c3cccc4oc5c(-c6ccc7c(c6)c6ccccc6n7-c6ccccc6)cccc5c34)cccc21. The van der Waals surface area contributed by atoms with E-state index in [2.05, 4.69) is 230 Å². The number of anilines is 3. The van der Waals surface area contributed by atoms with Crippen molar-refractivity contribution in [2.75, 3.05) is 4.90 Å². The van der Waals surface area contributed by atoms with Crippen molar-refractivity contribution < 1.29 is 8.83 Å². The first-order valence-electron chi connectivity index (χ1n) is 23.1. The van der Waals surface area contributed by atoms with Crippen LogP contribution in [0, 0.1) is 0 Å². The average Bonchev–Trinajstić information content (AvgIpc) is 4.12. The van der Waals surface area contributed by atoms with Crippen LogP contribution in [0.15, 0.2) is 227 Å². The Bertz CT molecular complexity index is 4130. The van der Waals surface area contributed by atoms with Crippen LogP contribution in [-0.4, -0.2) is 4.57 Å². The minimum absolute atomic E-state index is 0.166. The van der Waals surface area contributed by atoms with Crippen molar-refractivity contribution >= 4 is 82.7 Å². The van der Waals surface area contributed by atoms with E-state index >= 15 is 0 Å². The van der Waals surface area contributed by atoms with Gasteiger partial charge in [-0.15, -0.1) is 0 Å². The minimum Gasteiger partial charge on any atom is -0.455 e. The fourth-order valence-electron chi connectivity index (χ4n) is 11.3. The zero-order valence-corrected chi connectivity index (χ0v) is 37.0. The molecule has 0 bridgehead atoms. The van der Waals surface area contributed by atoms with E-state index in [1.807, 2.05) is 12.1 Å². The number of hydrogen-bond acceptors (Lipinski definition) is 3. The van der Waals surface area contributed by atoms with Crippen molar-refractivity contribution in [1.29, 1.82) is 0 Å². The third-order valence-corrected chi connectivity index (χ3v) is 14.4. The highest BCUT2D eigenvalue weighted by Gasteiger charge is 2.38. The lowest BCUT2D eigenvalue weighted by atomic mass is 9.82. The van der Waals surface area contributed by atoms with E-state index in [0.29, 0.717) is 0 Å². The Hall–Kier alpha value is -8.60. The molecular weight excluding hydrogens is 817 g/mol. The summed E-state index contributed by atoms with van der Waals surface area (Å²) in [5.41, 5.74) is 19.6. The van der Waals surface area contributed by atoms with E-state index in [-0.39, 0.29) is 5.41 Å². The molecule has 0 unspecified atom stereocenters. The third-order valence-electron chi connectivity index (χ3n) is 14.4. The molecular formula is C63H42N2O2. The Morgan fingerprint density at radius 1 is 0.403 bits per heavy atom. The van der Waals surface area contributed by atoms with Crippen LogP contribution in [-0.2, 0) is 5.41 Å². The zero-order chi connectivity index (χ0) is 44.4. The van der Waals surface area contributed by atoms with Gasteiger partial charge in [-0.1, -0.05) is 166 Å². The molecule has 13 aromatic rings. The summed E-state index contributed by atoms with van der Waals surface area (Å²) in [5.74, 6) is 0. The number of para-hydroxylation sites is 5. The Morgan fingerprint density at radius 3 is 1.85 bits per heavy atom. The van der Waals surface area contributed by atoms with E-state index < -0.39 is 0 Å². The van der Waals surface area contributed by atoms with Gasteiger partial charge in [-0.3, -0.25) is 0 Å². The van der Waals surface area contributed by atoms with Crippen molar-refractivity contribution in [2.24, 2.45) is 0 Å². The van der Waals surface area contributed by atoms with Gasteiger partial charge in [0, 0.05) is 60.4 Å². The molecule has 4 heteroatoms. The third kappa shape index (κ3) is 5.47. The van der Waals surface area contributed by atoms with Crippen molar-refractivity contribution in [3.63, 3.8) is 0 Å². The molecule has 10 aromatic carbocycles. The molecule has 0 atom stereocenters. The van der Waals surface area contributed by atoms with Gasteiger partial charge in [-0.2, -0.15) is 0 Å². The summed E-state index contributed by atoms with van der Waals surface area (Å²) < 4.78 is 15.9. The molecule has 3 aromatic heterocycles. The lowest BCUT2D eigenvalue weighted by molar-refractivity contribution is 0.660. The molecule has 1 aliphatic carbocycles. The van der Waals surface area contributed by atoms with Gasteiger partial charge in [0.15, 0.2) is 0 Å². The van der Waals surface area contributed by atoms with E-state index in [9.17, 15) is 0 Å². The smallest absolute Gasteiger partial charge is 0.143 e. The predicted molar refractivity (Wildman–Crippen MR) is 278 cm³/mol. The van der Waals surface area contributed by atoms with E-state index in [4.69, 9.17) is 8.83 Å². The van der Waals surface area contributed by atoms with E-state index in [0.717, 1.165) is 88.9 Å². The van der Waals surface area contributed by atoms with Gasteiger partial charge in [0.1, 0.15) is 22.3 Å². The summed E-state index contributed by atoms with van der Waals surface area (Å²) in [7, 11) is 0. The number of furan rings is 2.